The van der Waals surface area contributed by atoms with Gasteiger partial charge in [0.25, 0.3) is 0 Å². The highest BCUT2D eigenvalue weighted by molar-refractivity contribution is 8.00. The molecule has 3 aromatic rings. The summed E-state index contributed by atoms with van der Waals surface area (Å²) < 4.78 is 31.2. The highest BCUT2D eigenvalue weighted by Crippen LogP contribution is 2.41. The first-order valence-electron chi connectivity index (χ1n) is 18.6. The summed E-state index contributed by atoms with van der Waals surface area (Å²) in [7, 11) is 0. The molecule has 4 atom stereocenters. The number of carboxylic acids is 2. The fraction of sp³-hybridized carbons (Fsp3) is 0.450. The molecule has 1 heterocycles. The summed E-state index contributed by atoms with van der Waals surface area (Å²) in [6.07, 6.45) is 1.20. The van der Waals surface area contributed by atoms with Gasteiger partial charge in [-0.3, -0.25) is 28.8 Å². The van der Waals surface area contributed by atoms with Gasteiger partial charge in [0.05, 0.1) is 30.3 Å². The van der Waals surface area contributed by atoms with E-state index in [9.17, 15) is 38.3 Å². The number of aromatic nitrogens is 1. The smallest absolute Gasteiger partial charge is 0.321 e. The van der Waals surface area contributed by atoms with Gasteiger partial charge in [-0.15, -0.1) is 11.8 Å². The second-order valence-corrected chi connectivity index (χ2v) is 16.1. The van der Waals surface area contributed by atoms with Crippen LogP contribution in [0.3, 0.4) is 0 Å². The first-order valence-corrected chi connectivity index (χ1v) is 19.6. The molecule has 0 aliphatic rings. The number of hydrogen-bond acceptors (Lipinski definition) is 10. The number of carbonyl (C=O) groups is 6. The van der Waals surface area contributed by atoms with E-state index in [0.29, 0.717) is 17.8 Å². The van der Waals surface area contributed by atoms with Crippen LogP contribution in [0.15, 0.2) is 60.8 Å². The lowest BCUT2D eigenvalue weighted by atomic mass is 9.82. The van der Waals surface area contributed by atoms with Crippen LogP contribution in [-0.2, 0) is 35.3 Å². The lowest BCUT2D eigenvalue weighted by molar-refractivity contribution is -0.140. The van der Waals surface area contributed by atoms with Crippen molar-refractivity contribution in [3.63, 3.8) is 0 Å². The number of rotatable bonds is 23. The van der Waals surface area contributed by atoms with Crippen LogP contribution in [0.2, 0.25) is 0 Å². The van der Waals surface area contributed by atoms with E-state index >= 15 is 4.39 Å². The van der Waals surface area contributed by atoms with E-state index in [2.05, 4.69) is 10.6 Å². The molecule has 0 saturated heterocycles. The van der Waals surface area contributed by atoms with Gasteiger partial charge in [-0.05, 0) is 48.1 Å². The second kappa shape index (κ2) is 22.1. The molecule has 0 bridgehead atoms. The number of hydrogen-bond donors (Lipinski definition) is 7. The molecule has 1 aromatic heterocycles. The van der Waals surface area contributed by atoms with Crippen molar-refractivity contribution in [1.82, 2.24) is 20.1 Å². The first kappa shape index (κ1) is 47.2. The topological polar surface area (TPSA) is 247 Å². The molecule has 3 rings (SSSR count). The average Bonchev–Trinajstić information content (AvgIpc) is 3.57. The van der Waals surface area contributed by atoms with Gasteiger partial charge in [0.1, 0.15) is 24.3 Å². The summed E-state index contributed by atoms with van der Waals surface area (Å²) >= 11 is 0.756. The van der Waals surface area contributed by atoms with Crippen LogP contribution in [0.4, 0.5) is 8.78 Å². The zero-order valence-electron chi connectivity index (χ0n) is 32.7. The Morgan fingerprint density at radius 2 is 1.62 bits per heavy atom. The highest BCUT2D eigenvalue weighted by atomic mass is 32.2. The van der Waals surface area contributed by atoms with Crippen LogP contribution in [0.5, 0.6) is 0 Å². The average molecular weight is 831 g/mol. The van der Waals surface area contributed by atoms with E-state index in [1.807, 2.05) is 55.7 Å². The van der Waals surface area contributed by atoms with Gasteiger partial charge in [-0.25, -0.2) is 8.78 Å². The number of halogens is 2. The van der Waals surface area contributed by atoms with Gasteiger partial charge < -0.3 is 46.9 Å². The van der Waals surface area contributed by atoms with Crippen molar-refractivity contribution in [3.05, 3.63) is 83.7 Å². The summed E-state index contributed by atoms with van der Waals surface area (Å²) in [5.41, 5.74) is 12.9. The van der Waals surface area contributed by atoms with Crippen molar-refractivity contribution < 1.29 is 52.9 Å². The summed E-state index contributed by atoms with van der Waals surface area (Å²) in [4.78, 5) is 75.0. The molecule has 1 unspecified atom stereocenters. The maximum absolute atomic E-state index is 15.0. The van der Waals surface area contributed by atoms with Crippen molar-refractivity contribution in [1.29, 1.82) is 0 Å². The number of nitrogens with two attached hydrogens (primary N) is 2. The maximum atomic E-state index is 15.0. The van der Waals surface area contributed by atoms with Crippen molar-refractivity contribution >= 4 is 47.2 Å². The number of aliphatic hydroxyl groups is 1. The van der Waals surface area contributed by atoms with E-state index < -0.39 is 95.4 Å². The van der Waals surface area contributed by atoms with Crippen molar-refractivity contribution in [2.45, 2.75) is 76.4 Å². The van der Waals surface area contributed by atoms with Gasteiger partial charge in [0, 0.05) is 54.8 Å². The zero-order valence-corrected chi connectivity index (χ0v) is 33.5. The molecule has 0 aliphatic heterocycles. The molecule has 0 spiro atoms. The van der Waals surface area contributed by atoms with Crippen molar-refractivity contribution in [2.24, 2.45) is 16.9 Å². The molecule has 58 heavy (non-hydrogen) atoms. The maximum Gasteiger partial charge on any atom is 0.321 e. The van der Waals surface area contributed by atoms with Crippen LogP contribution in [-0.4, -0.2) is 110 Å². The number of nitrogens with zero attached hydrogens (tertiary/aromatic N) is 2. The van der Waals surface area contributed by atoms with Crippen LogP contribution >= 0.6 is 11.8 Å². The normalized spacial score (nSPS) is 13.5. The van der Waals surface area contributed by atoms with Crippen molar-refractivity contribution in [2.75, 3.05) is 32.0 Å². The number of aliphatic carboxylic acids is 2. The number of carboxylic acid groups (broad SMARTS) is 2. The van der Waals surface area contributed by atoms with Gasteiger partial charge in [-0.2, -0.15) is 0 Å². The Hall–Kier alpha value is -5.17. The number of benzene rings is 2. The Morgan fingerprint density at radius 1 is 0.931 bits per heavy atom. The molecule has 0 fully saturated rings. The molecule has 316 valence electrons. The standard InChI is InChI=1S/C40H52F2N6O9S/c1-40(2,3)36(32-16-25(28-17-26(41)11-12-29(28)42)21-47(32)20-24-8-5-4-6-9-24)48(34(51)22-49)15-13-30(43)37(54)45-14-7-10-27(50)19-46-38(55)33(18-35(52)53)58-23-31(44)39(56)57/h4-6,8-9,11-12,16-17,21,30-31,33,36,49H,7,10,13-15,18-20,22-23,43-44H2,1-3H3,(H,45,54)(H,46,55)(H,52,53)(H,56,57)/t30-,31-,33?,36-/m0/s1. The van der Waals surface area contributed by atoms with Crippen molar-refractivity contribution in [3.8, 4) is 11.1 Å². The molecule has 0 saturated carbocycles. The third-order valence-corrected chi connectivity index (χ3v) is 10.4. The molecule has 0 aliphatic carbocycles. The minimum atomic E-state index is -1.31. The Bertz CT molecular complexity index is 1910. The number of carbonyl (C=O) groups excluding carboxylic acids is 4. The first-order chi connectivity index (χ1) is 27.3. The van der Waals surface area contributed by atoms with Crippen LogP contribution < -0.4 is 22.1 Å². The van der Waals surface area contributed by atoms with Crippen LogP contribution in [0.1, 0.15) is 63.8 Å². The Balaban J connectivity index is 1.67. The Morgan fingerprint density at radius 3 is 2.24 bits per heavy atom. The molecule has 0 radical (unpaired) electrons. The molecule has 9 N–H and O–H groups in total. The summed E-state index contributed by atoms with van der Waals surface area (Å²) in [6, 6.07) is 11.1. The predicted molar refractivity (Wildman–Crippen MR) is 213 cm³/mol. The largest absolute Gasteiger partial charge is 0.481 e. The van der Waals surface area contributed by atoms with Gasteiger partial charge in [0.2, 0.25) is 17.7 Å². The molecular weight excluding hydrogens is 779 g/mol. The number of amides is 3. The Labute approximate surface area is 339 Å². The second-order valence-electron chi connectivity index (χ2n) is 14.8. The third kappa shape index (κ3) is 14.3. The molecule has 15 nitrogen and oxygen atoms in total. The van der Waals surface area contributed by atoms with E-state index in [1.54, 1.807) is 12.3 Å². The van der Waals surface area contributed by atoms with E-state index in [0.717, 1.165) is 35.5 Å². The monoisotopic (exact) mass is 830 g/mol. The molecule has 18 heteroatoms. The van der Waals surface area contributed by atoms with Crippen LogP contribution in [0.25, 0.3) is 11.1 Å². The minimum absolute atomic E-state index is 0.0211. The third-order valence-electron chi connectivity index (χ3n) is 9.09. The van der Waals surface area contributed by atoms with Gasteiger partial charge in [-0.1, -0.05) is 51.1 Å². The minimum Gasteiger partial charge on any atom is -0.481 e. The number of thioether (sulfide) groups is 1. The Kier molecular flexibility index (Phi) is 18.0. The predicted octanol–water partition coefficient (Wildman–Crippen LogP) is 2.68. The van der Waals surface area contributed by atoms with E-state index in [4.69, 9.17) is 21.7 Å². The fourth-order valence-electron chi connectivity index (χ4n) is 6.20. The summed E-state index contributed by atoms with van der Waals surface area (Å²) in [5, 5.41) is 32.0. The van der Waals surface area contributed by atoms with Gasteiger partial charge in [0.15, 0.2) is 5.78 Å². The van der Waals surface area contributed by atoms with E-state index in [1.165, 1.54) is 4.90 Å². The SMILES string of the molecule is CC(C)(C)[C@H](c1cc(-c2cc(F)ccc2F)cn1Cc1ccccc1)N(CC[C@H](N)C(=O)NCCCC(=O)CNC(=O)C(CC(=O)O)SC[C@H](N)C(=O)O)C(=O)CO. The van der Waals surface area contributed by atoms with Gasteiger partial charge >= 0.3 is 11.9 Å². The number of nitrogens with one attached hydrogen (secondary N) is 2. The molecule has 2 aromatic carbocycles. The van der Waals surface area contributed by atoms with Crippen LogP contribution in [0, 0.1) is 17.0 Å². The zero-order chi connectivity index (χ0) is 43.2. The highest BCUT2D eigenvalue weighted by Gasteiger charge is 2.37. The summed E-state index contributed by atoms with van der Waals surface area (Å²) in [6.45, 7) is 4.74. The number of ketones is 1. The molecule has 3 amide bonds. The number of aliphatic hydroxyl groups excluding tert-OH is 1. The lowest BCUT2D eigenvalue weighted by Gasteiger charge is -2.41. The lowest BCUT2D eigenvalue weighted by Crippen LogP contribution is -2.47. The van der Waals surface area contributed by atoms with E-state index in [-0.39, 0.29) is 43.7 Å². The summed E-state index contributed by atoms with van der Waals surface area (Å²) in [5.74, 6) is -6.43. The quantitative estimate of drug-likeness (QED) is 0.0682. The molecular formula is C40H52F2N6O9S. The fourth-order valence-corrected chi connectivity index (χ4v) is 7.28. The number of Topliss-reactive ketones (excluding diaryl/α,β-unsaturated/α-hetero) is 1.